The molecule has 20 heavy (non-hydrogen) atoms. The molecule has 0 aliphatic carbocycles. The van der Waals surface area contributed by atoms with Crippen LogP contribution in [0.25, 0.3) is 11.0 Å². The van der Waals surface area contributed by atoms with E-state index in [4.69, 9.17) is 9.15 Å². The third-order valence-corrected chi connectivity index (χ3v) is 4.69. The Balaban J connectivity index is 2.52. The molecule has 0 amide bonds. The Morgan fingerprint density at radius 2 is 2.15 bits per heavy atom. The van der Waals surface area contributed by atoms with Gasteiger partial charge in [0.2, 0.25) is 0 Å². The van der Waals surface area contributed by atoms with Gasteiger partial charge in [-0.2, -0.15) is 0 Å². The van der Waals surface area contributed by atoms with Crippen molar-refractivity contribution >= 4 is 43.7 Å². The van der Waals surface area contributed by atoms with E-state index in [1.165, 1.54) is 0 Å². The Labute approximate surface area is 128 Å². The third kappa shape index (κ3) is 3.12. The largest absolute Gasteiger partial charge is 0.466 e. The van der Waals surface area contributed by atoms with Gasteiger partial charge in [0.25, 0.3) is 0 Å². The van der Waals surface area contributed by atoms with Crippen LogP contribution in [-0.2, 0) is 26.8 Å². The molecule has 1 aromatic heterocycles. The van der Waals surface area contributed by atoms with Gasteiger partial charge in [-0.25, -0.2) is 0 Å². The molecule has 0 N–H and O–H groups in total. The number of hydrogen-bond acceptors (Lipinski definition) is 4. The van der Waals surface area contributed by atoms with Gasteiger partial charge >= 0.3 is 5.97 Å². The van der Waals surface area contributed by atoms with Crippen LogP contribution in [0.2, 0.25) is 0 Å². The van der Waals surface area contributed by atoms with Crippen LogP contribution in [0, 0.1) is 0 Å². The summed E-state index contributed by atoms with van der Waals surface area (Å²) in [5, 5.41) is 0.777. The zero-order chi connectivity index (χ0) is 14.7. The molecule has 2 aromatic rings. The summed E-state index contributed by atoms with van der Waals surface area (Å²) >= 11 is 3.39. The number of fused-ring (bicyclic) bond motifs is 1. The maximum absolute atomic E-state index is 12.2. The lowest BCUT2D eigenvalue weighted by molar-refractivity contribution is -0.142. The molecular formula is C14H15BrO4S. The maximum Gasteiger partial charge on any atom is 0.313 e. The molecule has 1 aromatic carbocycles. The second kappa shape index (κ2) is 6.54. The molecular weight excluding hydrogens is 344 g/mol. The highest BCUT2D eigenvalue weighted by atomic mass is 79.9. The minimum Gasteiger partial charge on any atom is -0.466 e. The predicted molar refractivity (Wildman–Crippen MR) is 81.2 cm³/mol. The number of ether oxygens (including phenoxy) is 1. The molecule has 0 saturated carbocycles. The Hall–Kier alpha value is -1.14. The average Bonchev–Trinajstić information content (AvgIpc) is 2.75. The molecule has 0 fully saturated rings. The van der Waals surface area contributed by atoms with Crippen molar-refractivity contribution < 1.29 is 18.2 Å². The van der Waals surface area contributed by atoms with Crippen LogP contribution in [0.1, 0.15) is 19.6 Å². The standard InChI is InChI=1S/C14H15BrO4S/c1-3-18-13(16)8-12-14(20(17)4-2)10-7-9(15)5-6-11(10)19-12/h5-7H,3-4,8H2,1-2H3. The number of benzene rings is 1. The van der Waals surface area contributed by atoms with Gasteiger partial charge in [0.05, 0.1) is 22.3 Å². The molecule has 1 unspecified atom stereocenters. The van der Waals surface area contributed by atoms with Crippen LogP contribution in [-0.4, -0.2) is 22.5 Å². The Morgan fingerprint density at radius 1 is 1.40 bits per heavy atom. The van der Waals surface area contributed by atoms with Crippen molar-refractivity contribution in [3.8, 4) is 0 Å². The van der Waals surface area contributed by atoms with E-state index >= 15 is 0 Å². The third-order valence-electron chi connectivity index (χ3n) is 2.77. The highest BCUT2D eigenvalue weighted by Gasteiger charge is 2.21. The van der Waals surface area contributed by atoms with Crippen LogP contribution in [0.5, 0.6) is 0 Å². The number of carbonyl (C=O) groups excluding carboxylic acids is 1. The van der Waals surface area contributed by atoms with Crippen LogP contribution in [0.15, 0.2) is 32.0 Å². The minimum atomic E-state index is -1.20. The van der Waals surface area contributed by atoms with Crippen LogP contribution >= 0.6 is 15.9 Å². The van der Waals surface area contributed by atoms with Gasteiger partial charge in [0.15, 0.2) is 0 Å². The summed E-state index contributed by atoms with van der Waals surface area (Å²) in [7, 11) is -1.20. The second-order valence-corrected chi connectivity index (χ2v) is 6.70. The molecule has 0 radical (unpaired) electrons. The molecule has 108 valence electrons. The van der Waals surface area contributed by atoms with Gasteiger partial charge in [-0.15, -0.1) is 0 Å². The Kier molecular flexibility index (Phi) is 4.99. The zero-order valence-corrected chi connectivity index (χ0v) is 13.7. The van der Waals surface area contributed by atoms with E-state index in [1.54, 1.807) is 13.0 Å². The van der Waals surface area contributed by atoms with E-state index in [0.29, 0.717) is 28.6 Å². The normalized spacial score (nSPS) is 12.6. The molecule has 0 spiro atoms. The summed E-state index contributed by atoms with van der Waals surface area (Å²) in [6.07, 6.45) is 0.00120. The first kappa shape index (κ1) is 15.3. The highest BCUT2D eigenvalue weighted by molar-refractivity contribution is 9.10. The van der Waals surface area contributed by atoms with E-state index in [9.17, 15) is 9.00 Å². The van der Waals surface area contributed by atoms with E-state index in [-0.39, 0.29) is 12.4 Å². The molecule has 4 nitrogen and oxygen atoms in total. The summed E-state index contributed by atoms with van der Waals surface area (Å²) in [6, 6.07) is 5.50. The quantitative estimate of drug-likeness (QED) is 0.768. The lowest BCUT2D eigenvalue weighted by atomic mass is 10.2. The van der Waals surface area contributed by atoms with E-state index in [1.807, 2.05) is 19.1 Å². The van der Waals surface area contributed by atoms with Crippen LogP contribution in [0.4, 0.5) is 0 Å². The summed E-state index contributed by atoms with van der Waals surface area (Å²) in [6.45, 7) is 3.90. The first-order valence-electron chi connectivity index (χ1n) is 6.31. The molecule has 0 aliphatic rings. The van der Waals surface area contributed by atoms with Crippen molar-refractivity contribution in [2.45, 2.75) is 25.2 Å². The van der Waals surface area contributed by atoms with Crippen molar-refractivity contribution in [1.82, 2.24) is 0 Å². The summed E-state index contributed by atoms with van der Waals surface area (Å²) in [5.74, 6) is 0.522. The fourth-order valence-electron chi connectivity index (χ4n) is 1.95. The lowest BCUT2D eigenvalue weighted by Crippen LogP contribution is -2.09. The molecule has 0 saturated heterocycles. The average molecular weight is 359 g/mol. The van der Waals surface area contributed by atoms with E-state index in [2.05, 4.69) is 15.9 Å². The van der Waals surface area contributed by atoms with E-state index in [0.717, 1.165) is 9.86 Å². The van der Waals surface area contributed by atoms with Crippen molar-refractivity contribution in [2.75, 3.05) is 12.4 Å². The predicted octanol–water partition coefficient (Wildman–Crippen LogP) is 3.43. The monoisotopic (exact) mass is 358 g/mol. The summed E-state index contributed by atoms with van der Waals surface area (Å²) in [5.41, 5.74) is 0.629. The van der Waals surface area contributed by atoms with Crippen molar-refractivity contribution in [2.24, 2.45) is 0 Å². The Morgan fingerprint density at radius 3 is 2.80 bits per heavy atom. The van der Waals surface area contributed by atoms with Crippen LogP contribution in [0.3, 0.4) is 0 Å². The van der Waals surface area contributed by atoms with Gasteiger partial charge in [0.1, 0.15) is 17.8 Å². The fraction of sp³-hybridized carbons (Fsp3) is 0.357. The van der Waals surface area contributed by atoms with Crippen LogP contribution < -0.4 is 0 Å². The minimum absolute atomic E-state index is 0.00120. The lowest BCUT2D eigenvalue weighted by Gasteiger charge is -2.02. The zero-order valence-electron chi connectivity index (χ0n) is 11.3. The van der Waals surface area contributed by atoms with Gasteiger partial charge in [0, 0.05) is 15.6 Å². The molecule has 1 atom stereocenters. The Bertz CT molecular complexity index is 662. The van der Waals surface area contributed by atoms with Crippen molar-refractivity contribution in [1.29, 1.82) is 0 Å². The van der Waals surface area contributed by atoms with Crippen molar-refractivity contribution in [3.05, 3.63) is 28.4 Å². The summed E-state index contributed by atoms with van der Waals surface area (Å²) in [4.78, 5) is 12.2. The van der Waals surface area contributed by atoms with Gasteiger partial charge in [-0.3, -0.25) is 9.00 Å². The fourth-order valence-corrected chi connectivity index (χ4v) is 3.37. The first-order chi connectivity index (χ1) is 9.56. The molecule has 1 heterocycles. The number of rotatable bonds is 5. The molecule has 2 rings (SSSR count). The maximum atomic E-state index is 12.2. The van der Waals surface area contributed by atoms with Gasteiger partial charge in [-0.05, 0) is 25.1 Å². The molecule has 0 bridgehead atoms. The number of esters is 1. The topological polar surface area (TPSA) is 56.5 Å². The number of halogens is 1. The number of furan rings is 1. The van der Waals surface area contributed by atoms with Gasteiger partial charge in [-0.1, -0.05) is 22.9 Å². The molecule has 6 heteroatoms. The number of hydrogen-bond donors (Lipinski definition) is 0. The molecule has 0 aliphatic heterocycles. The van der Waals surface area contributed by atoms with Gasteiger partial charge < -0.3 is 9.15 Å². The number of carbonyl (C=O) groups is 1. The highest BCUT2D eigenvalue weighted by Crippen LogP contribution is 2.31. The first-order valence-corrected chi connectivity index (χ1v) is 8.42. The van der Waals surface area contributed by atoms with Crippen molar-refractivity contribution in [3.63, 3.8) is 0 Å². The SMILES string of the molecule is CCOC(=O)Cc1oc2ccc(Br)cc2c1S(=O)CC. The smallest absolute Gasteiger partial charge is 0.313 e. The second-order valence-electron chi connectivity index (χ2n) is 4.11. The van der Waals surface area contributed by atoms with E-state index < -0.39 is 10.8 Å². The summed E-state index contributed by atoms with van der Waals surface area (Å²) < 4.78 is 23.7.